The van der Waals surface area contributed by atoms with Crippen LogP contribution in [0.1, 0.15) is 4.88 Å². The molecule has 0 bridgehead atoms. The Morgan fingerprint density at radius 3 is 2.80 bits per heavy atom. The molecule has 1 aromatic heterocycles. The van der Waals surface area contributed by atoms with Crippen LogP contribution in [0.4, 0.5) is 5.69 Å². The molecule has 0 saturated carbocycles. The van der Waals surface area contributed by atoms with Crippen molar-refractivity contribution in [3.8, 4) is 5.75 Å². The van der Waals surface area contributed by atoms with E-state index in [1.807, 2.05) is 32.3 Å². The highest BCUT2D eigenvalue weighted by molar-refractivity contribution is 9.11. The van der Waals surface area contributed by atoms with Gasteiger partial charge in [0.25, 0.3) is 0 Å². The number of hydrogen-bond acceptors (Lipinski definition) is 4. The Kier molecular flexibility index (Phi) is 5.88. The molecule has 0 amide bonds. The number of nitrogens with one attached hydrogen (secondary N) is 1. The van der Waals surface area contributed by atoms with Gasteiger partial charge in [0.1, 0.15) is 12.4 Å². The van der Waals surface area contributed by atoms with E-state index < -0.39 is 0 Å². The molecule has 0 radical (unpaired) electrons. The summed E-state index contributed by atoms with van der Waals surface area (Å²) in [7, 11) is 4.08. The fourth-order valence-corrected chi connectivity index (χ4v) is 3.10. The molecule has 0 atom stereocenters. The average molecular weight is 355 g/mol. The Labute approximate surface area is 132 Å². The molecule has 3 nitrogen and oxygen atoms in total. The molecule has 2 rings (SSSR count). The molecule has 2 aromatic rings. The molecule has 0 spiro atoms. The summed E-state index contributed by atoms with van der Waals surface area (Å²) in [6, 6.07) is 12.3. The molecule has 1 N–H and O–H groups in total. The third-order valence-corrected chi connectivity index (χ3v) is 4.36. The Morgan fingerprint density at radius 2 is 2.10 bits per heavy atom. The molecule has 20 heavy (non-hydrogen) atoms. The quantitative estimate of drug-likeness (QED) is 0.811. The molecule has 0 unspecified atom stereocenters. The van der Waals surface area contributed by atoms with Crippen LogP contribution in [0.5, 0.6) is 5.75 Å². The third-order valence-electron chi connectivity index (χ3n) is 2.74. The van der Waals surface area contributed by atoms with Gasteiger partial charge in [0.15, 0.2) is 0 Å². The van der Waals surface area contributed by atoms with E-state index in [1.165, 1.54) is 4.88 Å². The van der Waals surface area contributed by atoms with Gasteiger partial charge in [-0.05, 0) is 54.3 Å². The number of likely N-dealkylation sites (N-methyl/N-ethyl adjacent to an activating group) is 1. The predicted molar refractivity (Wildman–Crippen MR) is 89.8 cm³/mol. The molecule has 5 heteroatoms. The van der Waals surface area contributed by atoms with Gasteiger partial charge in [0.05, 0.1) is 3.79 Å². The smallest absolute Gasteiger partial charge is 0.121 e. The minimum Gasteiger partial charge on any atom is -0.492 e. The summed E-state index contributed by atoms with van der Waals surface area (Å²) >= 11 is 5.22. The highest BCUT2D eigenvalue weighted by atomic mass is 79.9. The van der Waals surface area contributed by atoms with Gasteiger partial charge < -0.3 is 15.0 Å². The maximum atomic E-state index is 5.73. The van der Waals surface area contributed by atoms with Gasteiger partial charge >= 0.3 is 0 Å². The normalized spacial score (nSPS) is 10.8. The van der Waals surface area contributed by atoms with Gasteiger partial charge in [-0.25, -0.2) is 0 Å². The minimum atomic E-state index is 0.703. The van der Waals surface area contributed by atoms with Crippen molar-refractivity contribution < 1.29 is 4.74 Å². The first-order valence-electron chi connectivity index (χ1n) is 6.49. The van der Waals surface area contributed by atoms with E-state index in [4.69, 9.17) is 4.74 Å². The van der Waals surface area contributed by atoms with Crippen molar-refractivity contribution in [1.82, 2.24) is 4.90 Å². The van der Waals surface area contributed by atoms with Gasteiger partial charge in [-0.15, -0.1) is 11.3 Å². The highest BCUT2D eigenvalue weighted by Crippen LogP contribution is 2.23. The molecule has 1 aromatic carbocycles. The van der Waals surface area contributed by atoms with E-state index >= 15 is 0 Å². The highest BCUT2D eigenvalue weighted by Gasteiger charge is 2.00. The maximum Gasteiger partial charge on any atom is 0.121 e. The third kappa shape index (κ3) is 5.15. The standard InChI is InChI=1S/C15H19BrN2OS/c1-18(2)8-9-19-13-5-3-4-12(10-13)17-11-14-6-7-15(16)20-14/h3-7,10,17H,8-9,11H2,1-2H3. The maximum absolute atomic E-state index is 5.73. The molecule has 0 saturated heterocycles. The molecule has 0 aliphatic heterocycles. The average Bonchev–Trinajstić information content (AvgIpc) is 2.82. The Balaban J connectivity index is 1.85. The first kappa shape index (κ1) is 15.4. The van der Waals surface area contributed by atoms with Crippen molar-refractivity contribution in [1.29, 1.82) is 0 Å². The van der Waals surface area contributed by atoms with Crippen LogP contribution >= 0.6 is 27.3 Å². The van der Waals surface area contributed by atoms with E-state index in [-0.39, 0.29) is 0 Å². The molecule has 0 aliphatic carbocycles. The van der Waals surface area contributed by atoms with Gasteiger partial charge in [-0.2, -0.15) is 0 Å². The molecule has 0 aliphatic rings. The Morgan fingerprint density at radius 1 is 1.25 bits per heavy atom. The van der Waals surface area contributed by atoms with Crippen LogP contribution in [0, 0.1) is 0 Å². The van der Waals surface area contributed by atoms with Crippen LogP contribution in [0.25, 0.3) is 0 Å². The fourth-order valence-electron chi connectivity index (χ4n) is 1.68. The molecular formula is C15H19BrN2OS. The summed E-state index contributed by atoms with van der Waals surface area (Å²) < 4.78 is 6.89. The lowest BCUT2D eigenvalue weighted by Gasteiger charge is -2.12. The SMILES string of the molecule is CN(C)CCOc1cccc(NCc2ccc(Br)s2)c1. The largest absolute Gasteiger partial charge is 0.492 e. The van der Waals surface area contributed by atoms with E-state index in [1.54, 1.807) is 11.3 Å². The predicted octanol–water partition coefficient (Wildman–Crippen LogP) is 4.06. The molecular weight excluding hydrogens is 336 g/mol. The van der Waals surface area contributed by atoms with Gasteiger partial charge in [-0.1, -0.05) is 6.07 Å². The van der Waals surface area contributed by atoms with Crippen molar-refractivity contribution in [3.63, 3.8) is 0 Å². The topological polar surface area (TPSA) is 24.5 Å². The monoisotopic (exact) mass is 354 g/mol. The summed E-state index contributed by atoms with van der Waals surface area (Å²) in [6.45, 7) is 2.45. The van der Waals surface area contributed by atoms with Crippen LogP contribution in [-0.2, 0) is 6.54 Å². The van der Waals surface area contributed by atoms with E-state index in [0.717, 1.165) is 28.3 Å². The fraction of sp³-hybridized carbons (Fsp3) is 0.333. The summed E-state index contributed by atoms with van der Waals surface area (Å²) in [6.07, 6.45) is 0. The van der Waals surface area contributed by atoms with E-state index in [2.05, 4.69) is 44.3 Å². The van der Waals surface area contributed by atoms with Gasteiger partial charge in [-0.3, -0.25) is 0 Å². The number of nitrogens with zero attached hydrogens (tertiary/aromatic N) is 1. The van der Waals surface area contributed by atoms with Crippen LogP contribution in [0.15, 0.2) is 40.2 Å². The van der Waals surface area contributed by atoms with Crippen molar-refractivity contribution in [2.45, 2.75) is 6.54 Å². The van der Waals surface area contributed by atoms with Crippen LogP contribution in [-0.4, -0.2) is 32.1 Å². The first-order valence-corrected chi connectivity index (χ1v) is 8.10. The van der Waals surface area contributed by atoms with Crippen LogP contribution < -0.4 is 10.1 Å². The van der Waals surface area contributed by atoms with Crippen molar-refractivity contribution in [3.05, 3.63) is 45.1 Å². The zero-order chi connectivity index (χ0) is 14.4. The van der Waals surface area contributed by atoms with Crippen LogP contribution in [0.3, 0.4) is 0 Å². The van der Waals surface area contributed by atoms with Gasteiger partial charge in [0, 0.05) is 29.7 Å². The van der Waals surface area contributed by atoms with E-state index in [9.17, 15) is 0 Å². The number of hydrogen-bond donors (Lipinski definition) is 1. The number of benzene rings is 1. The number of thiophene rings is 1. The number of halogens is 1. The van der Waals surface area contributed by atoms with Crippen molar-refractivity contribution in [2.24, 2.45) is 0 Å². The molecule has 108 valence electrons. The second-order valence-corrected chi connectivity index (χ2v) is 7.29. The summed E-state index contributed by atoms with van der Waals surface area (Å²) in [4.78, 5) is 3.41. The lowest BCUT2D eigenvalue weighted by Crippen LogP contribution is -2.19. The summed E-state index contributed by atoms with van der Waals surface area (Å²) in [5.41, 5.74) is 1.08. The summed E-state index contributed by atoms with van der Waals surface area (Å²) in [5.74, 6) is 0.907. The zero-order valence-corrected chi connectivity index (χ0v) is 14.1. The zero-order valence-electron chi connectivity index (χ0n) is 11.7. The Bertz CT molecular complexity index is 542. The lowest BCUT2D eigenvalue weighted by molar-refractivity contribution is 0.261. The number of rotatable bonds is 7. The molecule has 0 fully saturated rings. The minimum absolute atomic E-state index is 0.703. The Hall–Kier alpha value is -1.04. The number of anilines is 1. The van der Waals surface area contributed by atoms with Crippen molar-refractivity contribution >= 4 is 33.0 Å². The van der Waals surface area contributed by atoms with E-state index in [0.29, 0.717) is 6.61 Å². The second-order valence-electron chi connectivity index (χ2n) is 4.74. The van der Waals surface area contributed by atoms with Crippen molar-refractivity contribution in [2.75, 3.05) is 32.6 Å². The number of ether oxygens (including phenoxy) is 1. The summed E-state index contributed by atoms with van der Waals surface area (Å²) in [5, 5.41) is 3.41. The first-order chi connectivity index (χ1) is 9.63. The molecule has 1 heterocycles. The lowest BCUT2D eigenvalue weighted by atomic mass is 10.3. The van der Waals surface area contributed by atoms with Gasteiger partial charge in [0.2, 0.25) is 0 Å². The second kappa shape index (κ2) is 7.67. The van der Waals surface area contributed by atoms with Crippen LogP contribution in [0.2, 0.25) is 0 Å².